The highest BCUT2D eigenvalue weighted by molar-refractivity contribution is 7.86. The predicted molar refractivity (Wildman–Crippen MR) is 81.9 cm³/mol. The number of rotatable bonds is 4. The fourth-order valence-corrected chi connectivity index (χ4v) is 3.12. The van der Waals surface area contributed by atoms with Crippen molar-refractivity contribution in [1.29, 1.82) is 0 Å². The monoisotopic (exact) mass is 402 g/mol. The fourth-order valence-electron chi connectivity index (χ4n) is 1.59. The van der Waals surface area contributed by atoms with Crippen molar-refractivity contribution in [3.05, 3.63) is 30.1 Å². The van der Waals surface area contributed by atoms with Crippen LogP contribution in [0.15, 0.2) is 45.0 Å². The molecule has 14 heteroatoms. The zero-order valence-electron chi connectivity index (χ0n) is 10.8. The molecule has 1 aromatic carbocycles. The summed E-state index contributed by atoms with van der Waals surface area (Å²) in [7, 11) is -9.27. The summed E-state index contributed by atoms with van der Waals surface area (Å²) in [5.41, 5.74) is 2.07. The standard InChI is InChI=1S/C9H8Cl2N4O6S2/c10-8-4-9(14-15(11)13-8)12-6-3-5(22(16,17)18)1-2-7(6)23(19,20)21/h1-4,12,14H,(H,16,17,18)(H,19,20,21). The average molecular weight is 403 g/mol. The first-order valence-electron chi connectivity index (χ1n) is 5.51. The maximum atomic E-state index is 11.4. The van der Waals surface area contributed by atoms with E-state index in [-0.39, 0.29) is 16.7 Å². The van der Waals surface area contributed by atoms with Gasteiger partial charge in [0.1, 0.15) is 10.7 Å². The molecule has 0 aromatic heterocycles. The molecule has 1 aromatic rings. The number of hydrazine groups is 1. The number of hydrogen-bond acceptors (Lipinski definition) is 8. The number of hydrazone groups is 1. The van der Waals surface area contributed by atoms with E-state index in [1.165, 1.54) is 6.08 Å². The van der Waals surface area contributed by atoms with Crippen LogP contribution in [-0.2, 0) is 20.2 Å². The molecule has 0 aliphatic carbocycles. The number of anilines is 1. The Balaban J connectivity index is 2.53. The topological polar surface area (TPSA) is 148 Å². The number of nitrogens with zero attached hydrogens (tertiary/aromatic N) is 2. The maximum absolute atomic E-state index is 11.4. The second-order valence-corrected chi connectivity index (χ2v) is 7.60. The smallest absolute Gasteiger partial charge is 0.296 e. The average Bonchev–Trinajstić information content (AvgIpc) is 2.34. The Hall–Kier alpha value is -1.57. The summed E-state index contributed by atoms with van der Waals surface area (Å²) >= 11 is 11.2. The molecule has 0 saturated heterocycles. The van der Waals surface area contributed by atoms with E-state index in [0.29, 0.717) is 4.64 Å². The zero-order chi connectivity index (χ0) is 17.4. The van der Waals surface area contributed by atoms with Gasteiger partial charge in [0.25, 0.3) is 20.2 Å². The molecule has 23 heavy (non-hydrogen) atoms. The molecular formula is C9H8Cl2N4O6S2. The van der Waals surface area contributed by atoms with E-state index in [1.54, 1.807) is 0 Å². The first-order chi connectivity index (χ1) is 10.5. The summed E-state index contributed by atoms with van der Waals surface area (Å²) in [5.74, 6) is 0.0254. The van der Waals surface area contributed by atoms with Crippen molar-refractivity contribution in [3.8, 4) is 0 Å². The van der Waals surface area contributed by atoms with Gasteiger partial charge in [-0.15, -0.1) is 9.74 Å². The molecule has 1 aliphatic heterocycles. The van der Waals surface area contributed by atoms with Crippen molar-refractivity contribution in [2.24, 2.45) is 5.10 Å². The normalized spacial score (nSPS) is 15.6. The molecule has 0 spiro atoms. The van der Waals surface area contributed by atoms with Gasteiger partial charge in [-0.2, -0.15) is 16.8 Å². The van der Waals surface area contributed by atoms with Crippen molar-refractivity contribution >= 4 is 54.5 Å². The van der Waals surface area contributed by atoms with Gasteiger partial charge in [-0.05, 0) is 18.2 Å². The van der Waals surface area contributed by atoms with Crippen LogP contribution in [0.25, 0.3) is 0 Å². The third kappa shape index (κ3) is 4.46. The number of benzene rings is 1. The first kappa shape index (κ1) is 17.8. The van der Waals surface area contributed by atoms with Crippen molar-refractivity contribution in [2.75, 3.05) is 5.32 Å². The van der Waals surface area contributed by atoms with Gasteiger partial charge >= 0.3 is 0 Å². The van der Waals surface area contributed by atoms with E-state index < -0.39 is 30.0 Å². The summed E-state index contributed by atoms with van der Waals surface area (Å²) < 4.78 is 63.9. The van der Waals surface area contributed by atoms with Crippen LogP contribution in [0.5, 0.6) is 0 Å². The van der Waals surface area contributed by atoms with E-state index >= 15 is 0 Å². The molecule has 0 amide bonds. The van der Waals surface area contributed by atoms with Crippen LogP contribution in [0, 0.1) is 0 Å². The highest BCUT2D eigenvalue weighted by Gasteiger charge is 2.21. The minimum atomic E-state index is -4.68. The van der Waals surface area contributed by atoms with Gasteiger partial charge in [0.2, 0.25) is 0 Å². The highest BCUT2D eigenvalue weighted by atomic mass is 35.5. The quantitative estimate of drug-likeness (QED) is 0.426. The largest absolute Gasteiger partial charge is 0.339 e. The number of nitrogens with one attached hydrogen (secondary N) is 2. The summed E-state index contributed by atoms with van der Waals surface area (Å²) in [6.45, 7) is 0. The van der Waals surface area contributed by atoms with Crippen molar-refractivity contribution in [2.45, 2.75) is 9.79 Å². The highest BCUT2D eigenvalue weighted by Crippen LogP contribution is 2.26. The van der Waals surface area contributed by atoms with Crippen LogP contribution in [0.2, 0.25) is 0 Å². The summed E-state index contributed by atoms with van der Waals surface area (Å²) in [6, 6.07) is 2.42. The fraction of sp³-hybridized carbons (Fsp3) is 0. The Morgan fingerprint density at radius 2 is 1.83 bits per heavy atom. The van der Waals surface area contributed by atoms with Gasteiger partial charge in [-0.1, -0.05) is 11.6 Å². The molecule has 0 unspecified atom stereocenters. The van der Waals surface area contributed by atoms with Crippen molar-refractivity contribution in [1.82, 2.24) is 10.1 Å². The van der Waals surface area contributed by atoms with E-state index in [4.69, 9.17) is 27.9 Å². The number of allylic oxidation sites excluding steroid dienone is 1. The molecule has 0 saturated carbocycles. The maximum Gasteiger partial charge on any atom is 0.296 e. The second-order valence-electron chi connectivity index (χ2n) is 4.09. The minimum absolute atomic E-state index is 0.0254. The van der Waals surface area contributed by atoms with Crippen LogP contribution in [0.4, 0.5) is 5.69 Å². The van der Waals surface area contributed by atoms with E-state index in [2.05, 4.69) is 15.8 Å². The van der Waals surface area contributed by atoms with Crippen molar-refractivity contribution < 1.29 is 25.9 Å². The Morgan fingerprint density at radius 3 is 2.35 bits per heavy atom. The predicted octanol–water partition coefficient (Wildman–Crippen LogP) is 0.960. The Morgan fingerprint density at radius 1 is 1.17 bits per heavy atom. The minimum Gasteiger partial charge on any atom is -0.339 e. The van der Waals surface area contributed by atoms with Crippen LogP contribution in [0.3, 0.4) is 0 Å². The van der Waals surface area contributed by atoms with Gasteiger partial charge in [0.05, 0.1) is 22.4 Å². The molecule has 10 nitrogen and oxygen atoms in total. The number of halogens is 2. The third-order valence-corrected chi connectivity index (χ3v) is 4.56. The number of hydrogen-bond donors (Lipinski definition) is 4. The summed E-state index contributed by atoms with van der Waals surface area (Å²) in [4.78, 5) is -1.22. The van der Waals surface area contributed by atoms with E-state index in [1.807, 2.05) is 0 Å². The summed E-state index contributed by atoms with van der Waals surface area (Å²) in [6.07, 6.45) is 1.22. The molecule has 0 fully saturated rings. The lowest BCUT2D eigenvalue weighted by Crippen LogP contribution is -2.32. The molecule has 2 rings (SSSR count). The van der Waals surface area contributed by atoms with E-state index in [0.717, 1.165) is 18.2 Å². The lowest BCUT2D eigenvalue weighted by Gasteiger charge is -2.21. The molecule has 1 aliphatic rings. The summed E-state index contributed by atoms with van der Waals surface area (Å²) in [5, 5.41) is 5.96. The molecule has 1 heterocycles. The molecule has 4 N–H and O–H groups in total. The lowest BCUT2D eigenvalue weighted by atomic mass is 10.3. The van der Waals surface area contributed by atoms with Crippen LogP contribution >= 0.6 is 23.4 Å². The molecule has 0 atom stereocenters. The first-order valence-corrected chi connectivity index (χ1v) is 9.11. The molecule has 0 radical (unpaired) electrons. The lowest BCUT2D eigenvalue weighted by molar-refractivity contribution is 0.396. The Bertz CT molecular complexity index is 912. The van der Waals surface area contributed by atoms with E-state index in [9.17, 15) is 21.4 Å². The van der Waals surface area contributed by atoms with Crippen LogP contribution in [-0.4, -0.2) is 35.7 Å². The molecule has 126 valence electrons. The SMILES string of the molecule is O=S(=O)(O)c1ccc(S(=O)(=O)O)c(NC2=CC(Cl)=NN(Cl)N2)c1. The van der Waals surface area contributed by atoms with Crippen LogP contribution < -0.4 is 10.7 Å². The van der Waals surface area contributed by atoms with Gasteiger partial charge in [-0.25, -0.2) is 0 Å². The third-order valence-electron chi connectivity index (χ3n) is 2.46. The van der Waals surface area contributed by atoms with Gasteiger partial charge in [0.15, 0.2) is 5.17 Å². The van der Waals surface area contributed by atoms with Gasteiger partial charge in [0, 0.05) is 6.08 Å². The van der Waals surface area contributed by atoms with Crippen molar-refractivity contribution in [3.63, 3.8) is 0 Å². The van der Waals surface area contributed by atoms with Crippen LogP contribution in [0.1, 0.15) is 0 Å². The molecule has 0 bridgehead atoms. The van der Waals surface area contributed by atoms with Gasteiger partial charge in [-0.3, -0.25) is 14.5 Å². The molecular weight excluding hydrogens is 395 g/mol. The Labute approximate surface area is 141 Å². The second kappa shape index (κ2) is 6.14. The Kier molecular flexibility index (Phi) is 4.75. The van der Waals surface area contributed by atoms with Gasteiger partial charge < -0.3 is 5.32 Å². The zero-order valence-corrected chi connectivity index (χ0v) is 13.9.